The molecule has 0 bridgehead atoms. The van der Waals surface area contributed by atoms with E-state index in [0.717, 1.165) is 12.1 Å². The number of benzene rings is 1. The lowest BCUT2D eigenvalue weighted by Gasteiger charge is -2.34. The molecule has 7 nitrogen and oxygen atoms in total. The zero-order valence-electron chi connectivity index (χ0n) is 14.6. The van der Waals surface area contributed by atoms with Gasteiger partial charge >= 0.3 is 5.97 Å². The molecule has 1 aromatic carbocycles. The zero-order chi connectivity index (χ0) is 19.3. The van der Waals surface area contributed by atoms with Crippen LogP contribution >= 0.6 is 0 Å². The Morgan fingerprint density at radius 1 is 1.31 bits per heavy atom. The lowest BCUT2D eigenvalue weighted by molar-refractivity contribution is -0.146. The minimum absolute atomic E-state index is 0.00161. The van der Waals surface area contributed by atoms with Crippen molar-refractivity contribution in [3.63, 3.8) is 0 Å². The highest BCUT2D eigenvalue weighted by atomic mass is 32.2. The molecule has 1 aromatic rings. The van der Waals surface area contributed by atoms with Gasteiger partial charge in [-0.2, -0.15) is 4.31 Å². The third-order valence-electron chi connectivity index (χ3n) is 4.32. The molecule has 1 N–H and O–H groups in total. The number of carbonyl (C=O) groups excluding carboxylic acids is 1. The highest BCUT2D eigenvalue weighted by Gasteiger charge is 2.35. The molecule has 9 heteroatoms. The van der Waals surface area contributed by atoms with Crippen LogP contribution in [0.15, 0.2) is 29.2 Å². The van der Waals surface area contributed by atoms with Crippen LogP contribution in [0.5, 0.6) is 0 Å². The number of halogens is 1. The molecule has 1 fully saturated rings. The van der Waals surface area contributed by atoms with E-state index < -0.39 is 34.3 Å². The van der Waals surface area contributed by atoms with Gasteiger partial charge in [-0.3, -0.25) is 9.59 Å². The van der Waals surface area contributed by atoms with Gasteiger partial charge in [0.1, 0.15) is 12.4 Å². The number of carboxylic acids is 1. The summed E-state index contributed by atoms with van der Waals surface area (Å²) in [5.74, 6) is -2.55. The van der Waals surface area contributed by atoms with Crippen molar-refractivity contribution in [2.45, 2.75) is 31.1 Å². The Kier molecular flexibility index (Phi) is 6.71. The molecule has 0 saturated carbocycles. The van der Waals surface area contributed by atoms with Crippen LogP contribution < -0.4 is 0 Å². The van der Waals surface area contributed by atoms with Gasteiger partial charge in [0.2, 0.25) is 15.9 Å². The van der Waals surface area contributed by atoms with E-state index in [1.54, 1.807) is 0 Å². The smallest absolute Gasteiger partial charge is 0.323 e. The third-order valence-corrected chi connectivity index (χ3v) is 6.20. The molecule has 26 heavy (non-hydrogen) atoms. The summed E-state index contributed by atoms with van der Waals surface area (Å²) >= 11 is 0. The Morgan fingerprint density at radius 2 is 1.96 bits per heavy atom. The molecule has 1 atom stereocenters. The summed E-state index contributed by atoms with van der Waals surface area (Å²) < 4.78 is 39.7. The second-order valence-electron chi connectivity index (χ2n) is 6.31. The van der Waals surface area contributed by atoms with E-state index in [4.69, 9.17) is 5.11 Å². The number of aliphatic carboxylic acids is 1. The summed E-state index contributed by atoms with van der Waals surface area (Å²) in [6.07, 6.45) is 1.63. The number of nitrogens with zero attached hydrogens (tertiary/aromatic N) is 2. The summed E-state index contributed by atoms with van der Waals surface area (Å²) in [4.78, 5) is 24.9. The Morgan fingerprint density at radius 3 is 2.54 bits per heavy atom. The maximum atomic E-state index is 13.0. The first-order chi connectivity index (χ1) is 12.3. The first-order valence-electron chi connectivity index (χ1n) is 8.52. The maximum Gasteiger partial charge on any atom is 0.323 e. The fourth-order valence-corrected chi connectivity index (χ4v) is 4.60. The first-order valence-corrected chi connectivity index (χ1v) is 9.96. The lowest BCUT2D eigenvalue weighted by atomic mass is 9.98. The topological polar surface area (TPSA) is 95.0 Å². The SMILES string of the molecule is CCCN(CC(=O)O)C(=O)C1CCCN(S(=O)(=O)c2ccc(F)cc2)C1. The molecule has 1 amide bonds. The van der Waals surface area contributed by atoms with Crippen molar-refractivity contribution in [2.24, 2.45) is 5.92 Å². The van der Waals surface area contributed by atoms with Gasteiger partial charge in [0.05, 0.1) is 10.8 Å². The summed E-state index contributed by atoms with van der Waals surface area (Å²) in [6.45, 7) is 2.03. The van der Waals surface area contributed by atoms with Crippen LogP contribution in [0.1, 0.15) is 26.2 Å². The summed E-state index contributed by atoms with van der Waals surface area (Å²) in [5.41, 5.74) is 0. The van der Waals surface area contributed by atoms with E-state index in [2.05, 4.69) is 0 Å². The van der Waals surface area contributed by atoms with Crippen molar-refractivity contribution < 1.29 is 27.5 Å². The summed E-state index contributed by atoms with van der Waals surface area (Å²) in [7, 11) is -3.83. The zero-order valence-corrected chi connectivity index (χ0v) is 15.4. The fourth-order valence-electron chi connectivity index (χ4n) is 3.08. The quantitative estimate of drug-likeness (QED) is 0.767. The molecule has 2 rings (SSSR count). The number of hydrogen-bond acceptors (Lipinski definition) is 4. The molecule has 1 aliphatic rings. The Labute approximate surface area is 152 Å². The standard InChI is InChI=1S/C17H23FN2O5S/c1-2-9-19(12-16(21)22)17(23)13-4-3-10-20(11-13)26(24,25)15-7-5-14(18)6-8-15/h5-8,13H,2-4,9-12H2,1H3,(H,21,22). The van der Waals surface area contributed by atoms with E-state index in [1.165, 1.54) is 21.3 Å². The van der Waals surface area contributed by atoms with Gasteiger partial charge in [-0.05, 0) is 43.5 Å². The number of hydrogen-bond donors (Lipinski definition) is 1. The average Bonchev–Trinajstić information content (AvgIpc) is 2.61. The third kappa shape index (κ3) is 4.79. The van der Waals surface area contributed by atoms with E-state index >= 15 is 0 Å². The van der Waals surface area contributed by atoms with E-state index in [1.807, 2.05) is 6.92 Å². The summed E-state index contributed by atoms with van der Waals surface area (Å²) in [6, 6.07) is 4.55. The highest BCUT2D eigenvalue weighted by Crippen LogP contribution is 2.25. The molecular formula is C17H23FN2O5S. The minimum atomic E-state index is -3.83. The van der Waals surface area contributed by atoms with Gasteiger partial charge < -0.3 is 10.0 Å². The Bertz CT molecular complexity index is 751. The largest absolute Gasteiger partial charge is 0.480 e. The van der Waals surface area contributed by atoms with Gasteiger partial charge in [-0.1, -0.05) is 6.92 Å². The van der Waals surface area contributed by atoms with E-state index in [-0.39, 0.29) is 23.9 Å². The number of rotatable bonds is 7. The normalized spacial score (nSPS) is 18.5. The van der Waals surface area contributed by atoms with Crippen LogP contribution in [0.25, 0.3) is 0 Å². The van der Waals surface area contributed by atoms with Crippen molar-refractivity contribution in [1.82, 2.24) is 9.21 Å². The molecule has 144 valence electrons. The van der Waals surface area contributed by atoms with Crippen LogP contribution in [0.3, 0.4) is 0 Å². The van der Waals surface area contributed by atoms with Gasteiger partial charge in [-0.25, -0.2) is 12.8 Å². The second kappa shape index (κ2) is 8.59. The fraction of sp³-hybridized carbons (Fsp3) is 0.529. The molecule has 1 heterocycles. The molecule has 1 unspecified atom stereocenters. The van der Waals surface area contributed by atoms with Crippen molar-refractivity contribution >= 4 is 21.9 Å². The van der Waals surface area contributed by atoms with Crippen LogP contribution in [-0.4, -0.2) is 60.8 Å². The highest BCUT2D eigenvalue weighted by molar-refractivity contribution is 7.89. The monoisotopic (exact) mass is 386 g/mol. The van der Waals surface area contributed by atoms with Gasteiger partial charge in [0, 0.05) is 19.6 Å². The number of carbonyl (C=O) groups is 2. The van der Waals surface area contributed by atoms with Crippen molar-refractivity contribution in [3.8, 4) is 0 Å². The average molecular weight is 386 g/mol. The van der Waals surface area contributed by atoms with Crippen molar-refractivity contribution in [1.29, 1.82) is 0 Å². The molecule has 0 spiro atoms. The Balaban J connectivity index is 2.15. The molecular weight excluding hydrogens is 363 g/mol. The van der Waals surface area contributed by atoms with Gasteiger partial charge in [0.25, 0.3) is 0 Å². The number of sulfonamides is 1. The van der Waals surface area contributed by atoms with Gasteiger partial charge in [0.15, 0.2) is 0 Å². The van der Waals surface area contributed by atoms with Gasteiger partial charge in [-0.15, -0.1) is 0 Å². The first kappa shape index (κ1) is 20.3. The van der Waals surface area contributed by atoms with Crippen molar-refractivity contribution in [3.05, 3.63) is 30.1 Å². The number of piperidine rings is 1. The number of amides is 1. The number of carboxylic acid groups (broad SMARTS) is 1. The minimum Gasteiger partial charge on any atom is -0.480 e. The molecule has 1 saturated heterocycles. The predicted molar refractivity (Wildman–Crippen MR) is 92.4 cm³/mol. The van der Waals surface area contributed by atoms with E-state index in [9.17, 15) is 22.4 Å². The lowest BCUT2D eigenvalue weighted by Crippen LogP contribution is -2.48. The maximum absolute atomic E-state index is 13.0. The second-order valence-corrected chi connectivity index (χ2v) is 8.25. The van der Waals surface area contributed by atoms with Crippen LogP contribution in [-0.2, 0) is 19.6 Å². The molecule has 0 aromatic heterocycles. The van der Waals surface area contributed by atoms with Crippen LogP contribution in [0, 0.1) is 11.7 Å². The van der Waals surface area contributed by atoms with Crippen molar-refractivity contribution in [2.75, 3.05) is 26.2 Å². The molecule has 1 aliphatic heterocycles. The molecule has 0 radical (unpaired) electrons. The molecule has 0 aliphatic carbocycles. The van der Waals surface area contributed by atoms with Crippen LogP contribution in [0.2, 0.25) is 0 Å². The summed E-state index contributed by atoms with van der Waals surface area (Å²) in [5, 5.41) is 8.98. The van der Waals surface area contributed by atoms with Crippen LogP contribution in [0.4, 0.5) is 4.39 Å². The van der Waals surface area contributed by atoms with E-state index in [0.29, 0.717) is 25.8 Å². The Hall–Kier alpha value is -2.00. The predicted octanol–water partition coefficient (Wildman–Crippen LogP) is 1.55.